The third kappa shape index (κ3) is 3.60. The van der Waals surface area contributed by atoms with Crippen LogP contribution in [0.4, 0.5) is 13.6 Å². The summed E-state index contributed by atoms with van der Waals surface area (Å²) in [5.41, 5.74) is -0.792. The van der Waals surface area contributed by atoms with Crippen LogP contribution in [0.25, 0.3) is 0 Å². The number of halogens is 2. The molecule has 23 heavy (non-hydrogen) atoms. The first kappa shape index (κ1) is 17.2. The van der Waals surface area contributed by atoms with Crippen LogP contribution in [-0.4, -0.2) is 33.6 Å². The Labute approximate surface area is 133 Å². The smallest absolute Gasteiger partial charge is 0.408 e. The molecule has 5 nitrogen and oxygen atoms in total. The van der Waals surface area contributed by atoms with E-state index in [1.807, 2.05) is 0 Å². The molecule has 1 aromatic carbocycles. The molecule has 2 atom stereocenters. The molecule has 1 fully saturated rings. The number of nitrogens with zero attached hydrogens (tertiary/aromatic N) is 1. The molecular formula is C16H20F2N2O3. The van der Waals surface area contributed by atoms with Crippen LogP contribution in [0.2, 0.25) is 0 Å². The highest BCUT2D eigenvalue weighted by atomic mass is 19.1. The van der Waals surface area contributed by atoms with Gasteiger partial charge in [-0.15, -0.1) is 0 Å². The molecule has 0 saturated carbocycles. The topological polar surface area (TPSA) is 69.6 Å². The number of hydrogen-bond acceptors (Lipinski definition) is 2. The first-order chi connectivity index (χ1) is 10.6. The maximum absolute atomic E-state index is 14.1. The first-order valence-corrected chi connectivity index (χ1v) is 7.38. The second-order valence-corrected chi connectivity index (χ2v) is 6.64. The Bertz CT molecular complexity index is 628. The van der Waals surface area contributed by atoms with Gasteiger partial charge >= 0.3 is 6.09 Å². The van der Waals surface area contributed by atoms with E-state index in [0.717, 1.165) is 18.2 Å². The van der Waals surface area contributed by atoms with E-state index >= 15 is 0 Å². The van der Waals surface area contributed by atoms with Crippen molar-refractivity contribution in [2.24, 2.45) is 0 Å². The number of hydrogen-bond donors (Lipinski definition) is 2. The van der Waals surface area contributed by atoms with Crippen molar-refractivity contribution in [2.75, 3.05) is 0 Å². The van der Waals surface area contributed by atoms with Gasteiger partial charge in [0, 0.05) is 17.5 Å². The van der Waals surface area contributed by atoms with E-state index in [2.05, 4.69) is 5.32 Å². The minimum Gasteiger partial charge on any atom is -0.465 e. The summed E-state index contributed by atoms with van der Waals surface area (Å²) in [6.07, 6.45) is -0.783. The molecule has 2 rings (SSSR count). The largest absolute Gasteiger partial charge is 0.465 e. The molecule has 0 bridgehead atoms. The summed E-state index contributed by atoms with van der Waals surface area (Å²) in [6.45, 7) is 5.16. The molecule has 126 valence electrons. The number of carboxylic acid groups (broad SMARTS) is 1. The van der Waals surface area contributed by atoms with Gasteiger partial charge in [-0.25, -0.2) is 13.6 Å². The van der Waals surface area contributed by atoms with Crippen LogP contribution in [-0.2, 0) is 4.79 Å². The van der Waals surface area contributed by atoms with Crippen molar-refractivity contribution in [2.45, 2.75) is 51.2 Å². The average Bonchev–Trinajstić information content (AvgIpc) is 2.41. The maximum Gasteiger partial charge on any atom is 0.408 e. The molecule has 0 aromatic heterocycles. The summed E-state index contributed by atoms with van der Waals surface area (Å²) < 4.78 is 27.6. The van der Waals surface area contributed by atoms with E-state index in [1.54, 1.807) is 20.8 Å². The fourth-order valence-corrected chi connectivity index (χ4v) is 3.03. The number of rotatable bonds is 2. The quantitative estimate of drug-likeness (QED) is 0.877. The lowest BCUT2D eigenvalue weighted by molar-refractivity contribution is -0.125. The van der Waals surface area contributed by atoms with Crippen molar-refractivity contribution in [3.8, 4) is 0 Å². The zero-order valence-electron chi connectivity index (χ0n) is 13.3. The molecular weight excluding hydrogens is 306 g/mol. The zero-order valence-corrected chi connectivity index (χ0v) is 13.3. The minimum absolute atomic E-state index is 0.0430. The number of piperidine rings is 1. The van der Waals surface area contributed by atoms with Crippen molar-refractivity contribution >= 4 is 12.0 Å². The van der Waals surface area contributed by atoms with Crippen LogP contribution in [0.3, 0.4) is 0 Å². The van der Waals surface area contributed by atoms with E-state index in [0.29, 0.717) is 0 Å². The van der Waals surface area contributed by atoms with Gasteiger partial charge in [-0.1, -0.05) is 0 Å². The van der Waals surface area contributed by atoms with Crippen LogP contribution < -0.4 is 5.32 Å². The fourth-order valence-electron chi connectivity index (χ4n) is 3.03. The van der Waals surface area contributed by atoms with Crippen molar-refractivity contribution in [3.05, 3.63) is 35.4 Å². The summed E-state index contributed by atoms with van der Waals surface area (Å²) in [6, 6.07) is 1.35. The van der Waals surface area contributed by atoms with Gasteiger partial charge in [0.2, 0.25) is 5.91 Å². The Balaban J connectivity index is 2.49. The third-order valence-corrected chi connectivity index (χ3v) is 3.92. The second kappa shape index (κ2) is 6.14. The third-order valence-electron chi connectivity index (χ3n) is 3.92. The standard InChI is InChI=1S/C16H20F2N2O3/c1-16(2,3)20(15(22)23)12-6-7-13(21)19-14(12)10-8-9(17)4-5-11(10)18/h4-5,8,12,14H,6-7H2,1-3H3,(H,19,21)(H,22,23)/t12-,14+/m0/s1. The monoisotopic (exact) mass is 326 g/mol. The number of carbonyl (C=O) groups excluding carboxylic acids is 1. The van der Waals surface area contributed by atoms with Gasteiger partial charge in [0.1, 0.15) is 11.6 Å². The predicted molar refractivity (Wildman–Crippen MR) is 79.9 cm³/mol. The van der Waals surface area contributed by atoms with Gasteiger partial charge in [0.15, 0.2) is 0 Å². The first-order valence-electron chi connectivity index (χ1n) is 7.38. The Morgan fingerprint density at radius 1 is 1.35 bits per heavy atom. The van der Waals surface area contributed by atoms with Crippen LogP contribution in [0.15, 0.2) is 18.2 Å². The molecule has 2 amide bonds. The lowest BCUT2D eigenvalue weighted by atomic mass is 9.88. The number of benzene rings is 1. The second-order valence-electron chi connectivity index (χ2n) is 6.64. The molecule has 2 N–H and O–H groups in total. The van der Waals surface area contributed by atoms with Gasteiger partial charge < -0.3 is 10.4 Å². The van der Waals surface area contributed by atoms with Crippen molar-refractivity contribution in [1.29, 1.82) is 0 Å². The minimum atomic E-state index is -1.17. The van der Waals surface area contributed by atoms with Crippen molar-refractivity contribution in [1.82, 2.24) is 10.2 Å². The summed E-state index contributed by atoms with van der Waals surface area (Å²) in [5, 5.41) is 12.2. The molecule has 1 heterocycles. The van der Waals surface area contributed by atoms with E-state index in [4.69, 9.17) is 0 Å². The fraction of sp³-hybridized carbons (Fsp3) is 0.500. The van der Waals surface area contributed by atoms with Gasteiger partial charge in [0.25, 0.3) is 0 Å². The van der Waals surface area contributed by atoms with Crippen molar-refractivity contribution < 1.29 is 23.5 Å². The van der Waals surface area contributed by atoms with Crippen LogP contribution in [0, 0.1) is 11.6 Å². The van der Waals surface area contributed by atoms with Gasteiger partial charge in [-0.2, -0.15) is 0 Å². The van der Waals surface area contributed by atoms with Crippen LogP contribution in [0.5, 0.6) is 0 Å². The summed E-state index contributed by atoms with van der Waals surface area (Å²) in [5.74, 6) is -1.63. The molecule has 7 heteroatoms. The lowest BCUT2D eigenvalue weighted by Gasteiger charge is -2.45. The van der Waals surface area contributed by atoms with Crippen LogP contribution >= 0.6 is 0 Å². The number of carbonyl (C=O) groups is 2. The highest BCUT2D eigenvalue weighted by molar-refractivity contribution is 5.78. The molecule has 0 aliphatic carbocycles. The Hall–Kier alpha value is -2.18. The molecule has 0 radical (unpaired) electrons. The van der Waals surface area contributed by atoms with E-state index in [9.17, 15) is 23.5 Å². The molecule has 1 aliphatic rings. The SMILES string of the molecule is CC(C)(C)N(C(=O)O)[C@H]1CCC(=O)N[C@@H]1c1cc(F)ccc1F. The zero-order chi connectivity index (χ0) is 17.4. The molecule has 1 saturated heterocycles. The number of nitrogens with one attached hydrogen (secondary N) is 1. The van der Waals surface area contributed by atoms with E-state index < -0.39 is 35.4 Å². The van der Waals surface area contributed by atoms with Crippen LogP contribution in [0.1, 0.15) is 45.2 Å². The van der Waals surface area contributed by atoms with Gasteiger partial charge in [0.05, 0.1) is 12.1 Å². The average molecular weight is 326 g/mol. The Morgan fingerprint density at radius 3 is 2.57 bits per heavy atom. The Morgan fingerprint density at radius 2 is 2.00 bits per heavy atom. The Kier molecular flexibility index (Phi) is 4.58. The van der Waals surface area contributed by atoms with Crippen molar-refractivity contribution in [3.63, 3.8) is 0 Å². The normalized spacial score (nSPS) is 21.7. The summed E-state index contributed by atoms with van der Waals surface area (Å²) >= 11 is 0. The highest BCUT2D eigenvalue weighted by Crippen LogP contribution is 2.34. The predicted octanol–water partition coefficient (Wildman–Crippen LogP) is 3.06. The number of amides is 2. The summed E-state index contributed by atoms with van der Waals surface area (Å²) in [4.78, 5) is 24.6. The molecule has 1 aliphatic heterocycles. The summed E-state index contributed by atoms with van der Waals surface area (Å²) in [7, 11) is 0. The molecule has 1 aromatic rings. The van der Waals surface area contributed by atoms with E-state index in [-0.39, 0.29) is 24.3 Å². The lowest BCUT2D eigenvalue weighted by Crippen LogP contribution is -2.58. The van der Waals surface area contributed by atoms with E-state index in [1.165, 1.54) is 4.90 Å². The molecule has 0 spiro atoms. The van der Waals surface area contributed by atoms with Gasteiger partial charge in [-0.05, 0) is 45.4 Å². The molecule has 0 unspecified atom stereocenters. The highest BCUT2D eigenvalue weighted by Gasteiger charge is 2.42. The van der Waals surface area contributed by atoms with Gasteiger partial charge in [-0.3, -0.25) is 9.69 Å². The maximum atomic E-state index is 14.1.